The predicted octanol–water partition coefficient (Wildman–Crippen LogP) is 4.00. The fourth-order valence-electron chi connectivity index (χ4n) is 2.10. The molecule has 0 spiro atoms. The number of thiophene rings is 1. The highest BCUT2D eigenvalue weighted by Gasteiger charge is 2.28. The van der Waals surface area contributed by atoms with Crippen LogP contribution in [0.15, 0.2) is 21.3 Å². The van der Waals surface area contributed by atoms with Crippen LogP contribution in [0.25, 0.3) is 10.6 Å². The number of rotatable bonds is 3. The van der Waals surface area contributed by atoms with Gasteiger partial charge in [0, 0.05) is 5.38 Å². The molecule has 2 aromatic heterocycles. The minimum absolute atomic E-state index is 0.00242. The zero-order chi connectivity index (χ0) is 14.1. The van der Waals surface area contributed by atoms with Crippen molar-refractivity contribution in [3.8, 4) is 10.6 Å². The first-order valence-corrected chi connectivity index (χ1v) is 8.74. The summed E-state index contributed by atoms with van der Waals surface area (Å²) in [5.41, 5.74) is 0.900. The molecule has 1 saturated heterocycles. The lowest BCUT2D eigenvalue weighted by atomic mass is 10.1. The molecule has 1 amide bonds. The van der Waals surface area contributed by atoms with Gasteiger partial charge in [0.25, 0.3) is 0 Å². The van der Waals surface area contributed by atoms with Crippen molar-refractivity contribution in [1.82, 2.24) is 4.98 Å². The van der Waals surface area contributed by atoms with E-state index in [2.05, 4.69) is 26.2 Å². The number of anilines is 1. The zero-order valence-electron chi connectivity index (χ0n) is 10.8. The molecule has 0 saturated carbocycles. The summed E-state index contributed by atoms with van der Waals surface area (Å²) in [7, 11) is 0. The lowest BCUT2D eigenvalue weighted by Crippen LogP contribution is -2.22. The predicted molar refractivity (Wildman–Crippen MR) is 85.3 cm³/mol. The van der Waals surface area contributed by atoms with E-state index < -0.39 is 0 Å². The Balaban J connectivity index is 1.67. The van der Waals surface area contributed by atoms with Gasteiger partial charge in [-0.25, -0.2) is 4.98 Å². The Morgan fingerprint density at radius 2 is 2.40 bits per heavy atom. The van der Waals surface area contributed by atoms with E-state index >= 15 is 0 Å². The number of carbonyl (C=O) groups is 1. The van der Waals surface area contributed by atoms with Crippen LogP contribution in [0.2, 0.25) is 0 Å². The second kappa shape index (κ2) is 5.93. The first-order valence-electron chi connectivity index (χ1n) is 6.25. The zero-order valence-corrected chi connectivity index (χ0v) is 14.0. The molecule has 0 bridgehead atoms. The van der Waals surface area contributed by atoms with Crippen molar-refractivity contribution >= 4 is 49.6 Å². The van der Waals surface area contributed by atoms with Gasteiger partial charge in [0.2, 0.25) is 5.91 Å². The summed E-state index contributed by atoms with van der Waals surface area (Å²) in [5.74, 6) is -0.0594. The Kier molecular flexibility index (Phi) is 4.21. The van der Waals surface area contributed by atoms with E-state index in [4.69, 9.17) is 4.74 Å². The SMILES string of the molecule is CC1CC(C(=O)Nc2nc(-c3ccc(Br)s3)cs2)CO1. The lowest BCUT2D eigenvalue weighted by Gasteiger charge is -2.06. The molecule has 1 N–H and O–H groups in total. The summed E-state index contributed by atoms with van der Waals surface area (Å²) in [6.45, 7) is 2.49. The number of nitrogens with zero attached hydrogens (tertiary/aromatic N) is 1. The summed E-state index contributed by atoms with van der Waals surface area (Å²) < 4.78 is 6.49. The first-order chi connectivity index (χ1) is 9.61. The van der Waals surface area contributed by atoms with Crippen molar-refractivity contribution in [2.45, 2.75) is 19.4 Å². The molecule has 3 rings (SSSR count). The third-order valence-electron chi connectivity index (χ3n) is 3.13. The summed E-state index contributed by atoms with van der Waals surface area (Å²) in [6.07, 6.45) is 0.947. The van der Waals surface area contributed by atoms with Gasteiger partial charge < -0.3 is 10.1 Å². The molecule has 20 heavy (non-hydrogen) atoms. The second-order valence-electron chi connectivity index (χ2n) is 4.71. The van der Waals surface area contributed by atoms with Crippen LogP contribution in [0.4, 0.5) is 5.13 Å². The van der Waals surface area contributed by atoms with E-state index in [0.29, 0.717) is 11.7 Å². The Morgan fingerprint density at radius 3 is 3.05 bits per heavy atom. The van der Waals surface area contributed by atoms with E-state index in [9.17, 15) is 4.79 Å². The highest BCUT2D eigenvalue weighted by Crippen LogP contribution is 2.33. The van der Waals surface area contributed by atoms with Crippen molar-refractivity contribution in [2.75, 3.05) is 11.9 Å². The molecule has 1 fully saturated rings. The van der Waals surface area contributed by atoms with Crippen molar-refractivity contribution in [3.05, 3.63) is 21.3 Å². The van der Waals surface area contributed by atoms with E-state index in [1.54, 1.807) is 11.3 Å². The molecule has 0 aliphatic carbocycles. The summed E-state index contributed by atoms with van der Waals surface area (Å²) in [6, 6.07) is 4.01. The van der Waals surface area contributed by atoms with Crippen LogP contribution in [0, 0.1) is 5.92 Å². The van der Waals surface area contributed by atoms with Crippen LogP contribution in [0.1, 0.15) is 13.3 Å². The van der Waals surface area contributed by atoms with E-state index in [1.165, 1.54) is 11.3 Å². The topological polar surface area (TPSA) is 51.2 Å². The molecule has 106 valence electrons. The van der Waals surface area contributed by atoms with Gasteiger partial charge in [-0.1, -0.05) is 0 Å². The molecular weight excluding hydrogens is 360 g/mol. The van der Waals surface area contributed by atoms with Gasteiger partial charge >= 0.3 is 0 Å². The van der Waals surface area contributed by atoms with Gasteiger partial charge in [0.15, 0.2) is 5.13 Å². The molecule has 2 unspecified atom stereocenters. The van der Waals surface area contributed by atoms with Crippen molar-refractivity contribution in [1.29, 1.82) is 0 Å². The van der Waals surface area contributed by atoms with Gasteiger partial charge in [-0.15, -0.1) is 22.7 Å². The molecule has 7 heteroatoms. The first kappa shape index (κ1) is 14.2. The maximum atomic E-state index is 12.1. The number of amides is 1. The van der Waals surface area contributed by atoms with Gasteiger partial charge in [-0.2, -0.15) is 0 Å². The Hall–Kier alpha value is -0.760. The van der Waals surface area contributed by atoms with Crippen LogP contribution in [-0.2, 0) is 9.53 Å². The number of hydrogen-bond acceptors (Lipinski definition) is 5. The van der Waals surface area contributed by atoms with Gasteiger partial charge in [-0.3, -0.25) is 4.79 Å². The average molecular weight is 373 g/mol. The number of ether oxygens (including phenoxy) is 1. The minimum Gasteiger partial charge on any atom is -0.378 e. The fourth-order valence-corrected chi connectivity index (χ4v) is 4.24. The normalized spacial score (nSPS) is 22.1. The number of nitrogens with one attached hydrogen (secondary N) is 1. The third-order valence-corrected chi connectivity index (χ3v) is 5.53. The molecule has 4 nitrogen and oxygen atoms in total. The number of aromatic nitrogens is 1. The second-order valence-corrected chi connectivity index (χ2v) is 8.03. The van der Waals surface area contributed by atoms with Crippen LogP contribution in [0.5, 0.6) is 0 Å². The molecule has 2 aromatic rings. The maximum Gasteiger partial charge on any atom is 0.231 e. The maximum absolute atomic E-state index is 12.1. The smallest absolute Gasteiger partial charge is 0.231 e. The molecule has 1 aliphatic heterocycles. The quantitative estimate of drug-likeness (QED) is 0.885. The summed E-state index contributed by atoms with van der Waals surface area (Å²) in [4.78, 5) is 17.6. The third kappa shape index (κ3) is 3.11. The Bertz CT molecular complexity index is 625. The van der Waals surface area contributed by atoms with Crippen LogP contribution in [-0.4, -0.2) is 23.6 Å². The van der Waals surface area contributed by atoms with Crippen molar-refractivity contribution < 1.29 is 9.53 Å². The van der Waals surface area contributed by atoms with Gasteiger partial charge in [0.1, 0.15) is 0 Å². The standard InChI is InChI=1S/C13H13BrN2O2S2/c1-7-4-8(5-18-7)12(17)16-13-15-9(6-19-13)10-2-3-11(14)20-10/h2-3,6-8H,4-5H2,1H3,(H,15,16,17). The van der Waals surface area contributed by atoms with Crippen LogP contribution < -0.4 is 5.32 Å². The fraction of sp³-hybridized carbons (Fsp3) is 0.385. The Morgan fingerprint density at radius 1 is 1.55 bits per heavy atom. The molecule has 0 aromatic carbocycles. The largest absolute Gasteiger partial charge is 0.378 e. The molecule has 0 radical (unpaired) electrons. The van der Waals surface area contributed by atoms with Gasteiger partial charge in [0.05, 0.1) is 33.0 Å². The summed E-state index contributed by atoms with van der Waals surface area (Å²) >= 11 is 6.51. The number of thiazole rings is 1. The van der Waals surface area contributed by atoms with E-state index in [1.807, 2.05) is 24.4 Å². The van der Waals surface area contributed by atoms with Gasteiger partial charge in [-0.05, 0) is 41.4 Å². The Labute approximate surface area is 133 Å². The number of carbonyl (C=O) groups excluding carboxylic acids is 1. The average Bonchev–Trinajstić information content (AvgIpc) is 3.10. The number of halogens is 1. The van der Waals surface area contributed by atoms with Crippen LogP contribution >= 0.6 is 38.6 Å². The highest BCUT2D eigenvalue weighted by molar-refractivity contribution is 9.11. The lowest BCUT2D eigenvalue weighted by molar-refractivity contribution is -0.119. The van der Waals surface area contributed by atoms with E-state index in [0.717, 1.165) is 20.8 Å². The molecule has 1 aliphatic rings. The van der Waals surface area contributed by atoms with Crippen molar-refractivity contribution in [2.24, 2.45) is 5.92 Å². The number of hydrogen-bond donors (Lipinski definition) is 1. The molecule has 3 heterocycles. The molecular formula is C13H13BrN2O2S2. The van der Waals surface area contributed by atoms with Crippen LogP contribution in [0.3, 0.4) is 0 Å². The monoisotopic (exact) mass is 372 g/mol. The van der Waals surface area contributed by atoms with E-state index in [-0.39, 0.29) is 17.9 Å². The highest BCUT2D eigenvalue weighted by atomic mass is 79.9. The van der Waals surface area contributed by atoms with Crippen molar-refractivity contribution in [3.63, 3.8) is 0 Å². The minimum atomic E-state index is -0.0618. The summed E-state index contributed by atoms with van der Waals surface area (Å²) in [5, 5.41) is 5.49. The molecule has 2 atom stereocenters.